The summed E-state index contributed by atoms with van der Waals surface area (Å²) < 4.78 is 2.92. The van der Waals surface area contributed by atoms with Crippen molar-refractivity contribution in [2.45, 2.75) is 13.1 Å². The van der Waals surface area contributed by atoms with E-state index in [1.54, 1.807) is 18.4 Å². The van der Waals surface area contributed by atoms with Gasteiger partial charge in [-0.3, -0.25) is 4.99 Å². The normalized spacial score (nSPS) is 11.1. The Morgan fingerprint density at radius 2 is 2.19 bits per heavy atom. The topological polar surface area (TPSA) is 32.6 Å². The van der Waals surface area contributed by atoms with Crippen molar-refractivity contribution in [1.82, 2.24) is 14.8 Å². The first-order valence-corrected chi connectivity index (χ1v) is 7.56. The largest absolute Gasteiger partial charge is 0.353 e. The molecule has 0 aliphatic rings. The van der Waals surface area contributed by atoms with Gasteiger partial charge in [0, 0.05) is 37.9 Å². The van der Waals surface area contributed by atoms with Crippen LogP contribution in [0, 0.1) is 0 Å². The van der Waals surface area contributed by atoms with Gasteiger partial charge in [0.2, 0.25) is 0 Å². The summed E-state index contributed by atoms with van der Waals surface area (Å²) in [5, 5.41) is 3.37. The Hall–Kier alpha value is -0.730. The number of aromatic nitrogens is 1. The van der Waals surface area contributed by atoms with E-state index < -0.39 is 0 Å². The number of aliphatic imine (C=N–C) groups is 1. The maximum atomic E-state index is 5.95. The maximum absolute atomic E-state index is 5.95. The second-order valence-electron chi connectivity index (χ2n) is 4.57. The zero-order valence-corrected chi connectivity index (χ0v) is 16.2. The Kier molecular flexibility index (Phi) is 7.55. The molecule has 0 aliphatic carbocycles. The molecule has 2 aromatic rings. The van der Waals surface area contributed by atoms with E-state index in [4.69, 9.17) is 11.6 Å². The molecule has 116 valence electrons. The lowest BCUT2D eigenvalue weighted by atomic mass is 10.4. The van der Waals surface area contributed by atoms with Gasteiger partial charge in [0.1, 0.15) is 0 Å². The highest BCUT2D eigenvalue weighted by Crippen LogP contribution is 2.22. The van der Waals surface area contributed by atoms with Crippen LogP contribution in [-0.2, 0) is 20.1 Å². The summed E-state index contributed by atoms with van der Waals surface area (Å²) in [6.07, 6.45) is 2.04. The van der Waals surface area contributed by atoms with Gasteiger partial charge in [0.15, 0.2) is 5.96 Å². The van der Waals surface area contributed by atoms with Crippen LogP contribution in [-0.4, -0.2) is 29.5 Å². The lowest BCUT2D eigenvalue weighted by Crippen LogP contribution is -2.38. The van der Waals surface area contributed by atoms with Gasteiger partial charge in [-0.15, -0.1) is 35.3 Å². The third kappa shape index (κ3) is 5.19. The molecule has 0 spiro atoms. The third-order valence-electron chi connectivity index (χ3n) is 3.07. The van der Waals surface area contributed by atoms with Crippen molar-refractivity contribution in [3.05, 3.63) is 45.4 Å². The highest BCUT2D eigenvalue weighted by molar-refractivity contribution is 14.0. The van der Waals surface area contributed by atoms with Crippen molar-refractivity contribution in [2.75, 3.05) is 14.1 Å². The molecule has 0 atom stereocenters. The fourth-order valence-electron chi connectivity index (χ4n) is 1.98. The van der Waals surface area contributed by atoms with Crippen molar-refractivity contribution < 1.29 is 0 Å². The average molecular weight is 439 g/mol. The van der Waals surface area contributed by atoms with Gasteiger partial charge in [0.25, 0.3) is 0 Å². The van der Waals surface area contributed by atoms with Crippen LogP contribution >= 0.6 is 46.9 Å². The van der Waals surface area contributed by atoms with Crippen LogP contribution in [0.1, 0.15) is 10.6 Å². The number of nitrogens with one attached hydrogen (secondary N) is 1. The summed E-state index contributed by atoms with van der Waals surface area (Å²) in [5.74, 6) is 0.871. The Morgan fingerprint density at radius 1 is 1.43 bits per heavy atom. The number of hydrogen-bond donors (Lipinski definition) is 1. The molecule has 2 rings (SSSR count). The van der Waals surface area contributed by atoms with Gasteiger partial charge < -0.3 is 14.8 Å². The van der Waals surface area contributed by atoms with Crippen LogP contribution in [0.4, 0.5) is 0 Å². The van der Waals surface area contributed by atoms with E-state index in [-0.39, 0.29) is 24.0 Å². The number of halogens is 2. The van der Waals surface area contributed by atoms with Crippen LogP contribution in [0.5, 0.6) is 0 Å². The van der Waals surface area contributed by atoms with Crippen LogP contribution in [0.15, 0.2) is 35.5 Å². The lowest BCUT2D eigenvalue weighted by molar-refractivity contribution is 0.480. The van der Waals surface area contributed by atoms with Crippen molar-refractivity contribution in [3.8, 4) is 0 Å². The van der Waals surface area contributed by atoms with Crippen molar-refractivity contribution in [3.63, 3.8) is 0 Å². The number of hydrogen-bond acceptors (Lipinski definition) is 2. The van der Waals surface area contributed by atoms with Crippen molar-refractivity contribution >= 4 is 52.9 Å². The van der Waals surface area contributed by atoms with Crippen molar-refractivity contribution in [1.29, 1.82) is 0 Å². The van der Waals surface area contributed by atoms with Gasteiger partial charge in [-0.25, -0.2) is 0 Å². The zero-order chi connectivity index (χ0) is 14.5. The predicted molar refractivity (Wildman–Crippen MR) is 102 cm³/mol. The molecule has 21 heavy (non-hydrogen) atoms. The van der Waals surface area contributed by atoms with Gasteiger partial charge in [-0.2, -0.15) is 0 Å². The first-order valence-electron chi connectivity index (χ1n) is 6.36. The predicted octanol–water partition coefficient (Wildman–Crippen LogP) is 3.57. The second-order valence-corrected chi connectivity index (χ2v) is 6.37. The molecular formula is C14H20ClIN4S. The standard InChI is InChI=1S/C14H19ClN4S.HI/c1-16-14(17-9-11-5-4-8-18(11)2)19(3)10-12-6-7-13(15)20-12;/h4-8H,9-10H2,1-3H3,(H,16,17);1H. The van der Waals surface area contributed by atoms with Gasteiger partial charge in [-0.05, 0) is 24.3 Å². The Balaban J connectivity index is 0.00000220. The molecule has 0 fully saturated rings. The van der Waals surface area contributed by atoms with E-state index in [1.807, 2.05) is 38.5 Å². The minimum Gasteiger partial charge on any atom is -0.353 e. The van der Waals surface area contributed by atoms with E-state index in [0.717, 1.165) is 23.4 Å². The summed E-state index contributed by atoms with van der Waals surface area (Å²) in [6, 6.07) is 8.11. The van der Waals surface area contributed by atoms with Gasteiger partial charge in [0.05, 0.1) is 17.4 Å². The monoisotopic (exact) mass is 438 g/mol. The summed E-state index contributed by atoms with van der Waals surface area (Å²) in [4.78, 5) is 7.62. The molecule has 0 radical (unpaired) electrons. The van der Waals surface area contributed by atoms with Gasteiger partial charge >= 0.3 is 0 Å². The van der Waals surface area contributed by atoms with E-state index in [0.29, 0.717) is 0 Å². The lowest BCUT2D eigenvalue weighted by Gasteiger charge is -2.21. The fourth-order valence-corrected chi connectivity index (χ4v) is 3.12. The van der Waals surface area contributed by atoms with Crippen LogP contribution < -0.4 is 5.32 Å². The first kappa shape index (κ1) is 18.3. The average Bonchev–Trinajstić information content (AvgIpc) is 3.00. The molecule has 2 heterocycles. The quantitative estimate of drug-likeness (QED) is 0.450. The van der Waals surface area contributed by atoms with Gasteiger partial charge in [-0.1, -0.05) is 11.6 Å². The van der Waals surface area contributed by atoms with Crippen LogP contribution in [0.25, 0.3) is 0 Å². The minimum absolute atomic E-state index is 0. The Bertz CT molecular complexity index is 593. The number of guanidine groups is 1. The fraction of sp³-hybridized carbons (Fsp3) is 0.357. The molecule has 4 nitrogen and oxygen atoms in total. The summed E-state index contributed by atoms with van der Waals surface area (Å²) in [5.41, 5.74) is 1.22. The molecule has 0 aliphatic heterocycles. The third-order valence-corrected chi connectivity index (χ3v) is 4.29. The highest BCUT2D eigenvalue weighted by Gasteiger charge is 2.08. The van der Waals surface area contributed by atoms with E-state index in [1.165, 1.54) is 10.6 Å². The summed E-state index contributed by atoms with van der Waals surface area (Å²) >= 11 is 7.55. The summed E-state index contributed by atoms with van der Waals surface area (Å²) in [6.45, 7) is 1.55. The molecule has 1 N–H and O–H groups in total. The van der Waals surface area contributed by atoms with Crippen molar-refractivity contribution in [2.24, 2.45) is 12.0 Å². The smallest absolute Gasteiger partial charge is 0.194 e. The molecule has 0 bridgehead atoms. The zero-order valence-electron chi connectivity index (χ0n) is 12.3. The molecule has 0 aromatic carbocycles. The molecule has 2 aromatic heterocycles. The molecule has 0 saturated carbocycles. The molecule has 0 saturated heterocycles. The SMILES string of the molecule is CN=C(NCc1cccn1C)N(C)Cc1ccc(Cl)s1.I. The molecule has 0 amide bonds. The second kappa shape index (κ2) is 8.65. The van der Waals surface area contributed by atoms with Crippen LogP contribution in [0.3, 0.4) is 0 Å². The van der Waals surface area contributed by atoms with Crippen LogP contribution in [0.2, 0.25) is 4.34 Å². The molecule has 0 unspecified atom stereocenters. The first-order chi connectivity index (χ1) is 9.60. The minimum atomic E-state index is 0. The highest BCUT2D eigenvalue weighted by atomic mass is 127. The van der Waals surface area contributed by atoms with E-state index >= 15 is 0 Å². The molecule has 7 heteroatoms. The number of rotatable bonds is 4. The Labute approximate surface area is 151 Å². The Morgan fingerprint density at radius 3 is 2.71 bits per heavy atom. The molecular weight excluding hydrogens is 419 g/mol. The maximum Gasteiger partial charge on any atom is 0.194 e. The number of thiophene rings is 1. The van der Waals surface area contributed by atoms with E-state index in [2.05, 4.69) is 25.8 Å². The summed E-state index contributed by atoms with van der Waals surface area (Å²) in [7, 11) is 5.86. The number of nitrogens with zero attached hydrogens (tertiary/aromatic N) is 3. The van der Waals surface area contributed by atoms with E-state index in [9.17, 15) is 0 Å². The number of aryl methyl sites for hydroxylation is 1.